The fourth-order valence-corrected chi connectivity index (χ4v) is 3.63. The standard InChI is InChI=1S/C18H16BrN3O3/c19-12-7-5-11(6-8-12)16-20-15(25-21-16)9-10-22-17(23)13-3-1-2-4-14(13)18(22)24/h1-2,5-8,13-14H,3-4,9-10H2/t13-,14-/m1/s1. The normalized spacial score (nSPS) is 22.5. The molecule has 0 saturated carbocycles. The van der Waals surface area contributed by atoms with Gasteiger partial charge in [0.2, 0.25) is 23.5 Å². The zero-order chi connectivity index (χ0) is 17.4. The highest BCUT2D eigenvalue weighted by molar-refractivity contribution is 9.10. The Bertz CT molecular complexity index is 818. The van der Waals surface area contributed by atoms with Gasteiger partial charge in [-0.1, -0.05) is 33.2 Å². The summed E-state index contributed by atoms with van der Waals surface area (Å²) in [6.45, 7) is 0.284. The van der Waals surface area contributed by atoms with Crippen molar-refractivity contribution < 1.29 is 14.1 Å². The largest absolute Gasteiger partial charge is 0.339 e. The maximum Gasteiger partial charge on any atom is 0.233 e. The fraction of sp³-hybridized carbons (Fsp3) is 0.333. The van der Waals surface area contributed by atoms with Crippen LogP contribution in [-0.2, 0) is 16.0 Å². The molecule has 0 N–H and O–H groups in total. The van der Waals surface area contributed by atoms with Gasteiger partial charge in [0.1, 0.15) is 0 Å². The van der Waals surface area contributed by atoms with Crippen LogP contribution >= 0.6 is 15.9 Å². The summed E-state index contributed by atoms with van der Waals surface area (Å²) >= 11 is 3.38. The second-order valence-electron chi connectivity index (χ2n) is 6.25. The SMILES string of the molecule is O=C1[C@@H]2CC=CC[C@H]2C(=O)N1CCc1nc(-c2ccc(Br)cc2)no1. The Hall–Kier alpha value is -2.28. The lowest BCUT2D eigenvalue weighted by Gasteiger charge is -2.14. The van der Waals surface area contributed by atoms with Gasteiger partial charge in [0, 0.05) is 23.0 Å². The molecule has 7 heteroatoms. The van der Waals surface area contributed by atoms with Crippen molar-refractivity contribution in [1.29, 1.82) is 0 Å². The van der Waals surface area contributed by atoms with E-state index in [1.165, 1.54) is 4.90 Å². The van der Waals surface area contributed by atoms with E-state index in [-0.39, 0.29) is 30.2 Å². The first-order valence-corrected chi connectivity index (χ1v) is 9.01. The third kappa shape index (κ3) is 3.04. The highest BCUT2D eigenvalue weighted by Gasteiger charge is 2.46. The minimum absolute atomic E-state index is 0.0769. The van der Waals surface area contributed by atoms with Gasteiger partial charge in [0.25, 0.3) is 0 Å². The molecule has 1 aliphatic heterocycles. The predicted octanol–water partition coefficient (Wildman–Crippen LogP) is 2.99. The van der Waals surface area contributed by atoms with Gasteiger partial charge in [-0.2, -0.15) is 4.98 Å². The minimum Gasteiger partial charge on any atom is -0.339 e. The second-order valence-corrected chi connectivity index (χ2v) is 7.17. The summed E-state index contributed by atoms with van der Waals surface area (Å²) in [6, 6.07) is 7.60. The molecule has 0 radical (unpaired) electrons. The molecule has 1 aromatic heterocycles. The number of halogens is 1. The lowest BCUT2D eigenvalue weighted by Crippen LogP contribution is -2.33. The number of amides is 2. The average Bonchev–Trinajstić information content (AvgIpc) is 3.19. The maximum absolute atomic E-state index is 12.4. The van der Waals surface area contributed by atoms with Gasteiger partial charge in [-0.15, -0.1) is 0 Å². The predicted molar refractivity (Wildman–Crippen MR) is 93.2 cm³/mol. The number of hydrogen-bond acceptors (Lipinski definition) is 5. The molecule has 2 heterocycles. The zero-order valence-electron chi connectivity index (χ0n) is 13.4. The number of carbonyl (C=O) groups is 2. The number of carbonyl (C=O) groups excluding carboxylic acids is 2. The molecule has 2 amide bonds. The molecule has 6 nitrogen and oxygen atoms in total. The third-order valence-electron chi connectivity index (χ3n) is 4.72. The van der Waals surface area contributed by atoms with E-state index in [1.54, 1.807) is 0 Å². The number of benzene rings is 1. The van der Waals surface area contributed by atoms with Crippen molar-refractivity contribution in [1.82, 2.24) is 15.0 Å². The van der Waals surface area contributed by atoms with Crippen molar-refractivity contribution in [2.75, 3.05) is 6.54 Å². The van der Waals surface area contributed by atoms with Crippen LogP contribution in [0.2, 0.25) is 0 Å². The number of rotatable bonds is 4. The van der Waals surface area contributed by atoms with E-state index in [2.05, 4.69) is 26.1 Å². The van der Waals surface area contributed by atoms with E-state index < -0.39 is 0 Å². The van der Waals surface area contributed by atoms with E-state index >= 15 is 0 Å². The molecule has 1 saturated heterocycles. The van der Waals surface area contributed by atoms with Crippen molar-refractivity contribution in [3.8, 4) is 11.4 Å². The molecule has 2 aliphatic rings. The van der Waals surface area contributed by atoms with Crippen LogP contribution < -0.4 is 0 Å². The third-order valence-corrected chi connectivity index (χ3v) is 5.25. The topological polar surface area (TPSA) is 76.3 Å². The molecule has 1 aliphatic carbocycles. The number of nitrogens with zero attached hydrogens (tertiary/aromatic N) is 3. The maximum atomic E-state index is 12.4. The lowest BCUT2D eigenvalue weighted by molar-refractivity contribution is -0.139. The minimum atomic E-state index is -0.196. The highest BCUT2D eigenvalue weighted by Crippen LogP contribution is 2.35. The molecule has 0 spiro atoms. The van der Waals surface area contributed by atoms with Crippen molar-refractivity contribution in [3.05, 3.63) is 46.8 Å². The van der Waals surface area contributed by atoms with Gasteiger partial charge < -0.3 is 4.52 Å². The molecular formula is C18H16BrN3O3. The summed E-state index contributed by atoms with van der Waals surface area (Å²) in [5, 5.41) is 3.97. The molecule has 4 rings (SSSR count). The molecule has 1 aromatic carbocycles. The monoisotopic (exact) mass is 401 g/mol. The Morgan fingerprint density at radius 1 is 1.08 bits per heavy atom. The Labute approximate surface area is 153 Å². The summed E-state index contributed by atoms with van der Waals surface area (Å²) in [4.78, 5) is 30.6. The summed E-state index contributed by atoms with van der Waals surface area (Å²) < 4.78 is 6.24. The molecule has 2 aromatic rings. The van der Waals surface area contributed by atoms with E-state index in [9.17, 15) is 9.59 Å². The van der Waals surface area contributed by atoms with Crippen LogP contribution in [0.3, 0.4) is 0 Å². The van der Waals surface area contributed by atoms with Crippen molar-refractivity contribution in [2.45, 2.75) is 19.3 Å². The van der Waals surface area contributed by atoms with Gasteiger partial charge >= 0.3 is 0 Å². The zero-order valence-corrected chi connectivity index (χ0v) is 15.0. The Morgan fingerprint density at radius 3 is 2.36 bits per heavy atom. The summed E-state index contributed by atoms with van der Waals surface area (Å²) in [5.41, 5.74) is 0.851. The van der Waals surface area contributed by atoms with Crippen LogP contribution in [0.5, 0.6) is 0 Å². The number of imide groups is 1. The van der Waals surface area contributed by atoms with Gasteiger partial charge in [-0.25, -0.2) is 0 Å². The first-order chi connectivity index (χ1) is 12.1. The van der Waals surface area contributed by atoms with E-state index in [0.29, 0.717) is 31.0 Å². The van der Waals surface area contributed by atoms with Crippen LogP contribution in [0, 0.1) is 11.8 Å². The lowest BCUT2D eigenvalue weighted by atomic mass is 9.85. The summed E-state index contributed by atoms with van der Waals surface area (Å²) in [6.07, 6.45) is 5.64. The quantitative estimate of drug-likeness (QED) is 0.581. The Morgan fingerprint density at radius 2 is 1.72 bits per heavy atom. The van der Waals surface area contributed by atoms with Crippen LogP contribution in [0.1, 0.15) is 18.7 Å². The molecule has 128 valence electrons. The van der Waals surface area contributed by atoms with Crippen molar-refractivity contribution >= 4 is 27.7 Å². The molecule has 0 bridgehead atoms. The van der Waals surface area contributed by atoms with Gasteiger partial charge in [0.15, 0.2) is 0 Å². The molecular weight excluding hydrogens is 386 g/mol. The van der Waals surface area contributed by atoms with Gasteiger partial charge in [0.05, 0.1) is 11.8 Å². The van der Waals surface area contributed by atoms with Crippen molar-refractivity contribution in [2.24, 2.45) is 11.8 Å². The van der Waals surface area contributed by atoms with Gasteiger partial charge in [-0.3, -0.25) is 14.5 Å². The molecule has 0 unspecified atom stereocenters. The second kappa shape index (κ2) is 6.55. The molecule has 25 heavy (non-hydrogen) atoms. The van der Waals surface area contributed by atoms with Crippen LogP contribution in [0.15, 0.2) is 45.4 Å². The number of allylic oxidation sites excluding steroid dienone is 2. The van der Waals surface area contributed by atoms with E-state index in [1.807, 2.05) is 36.4 Å². The van der Waals surface area contributed by atoms with Crippen molar-refractivity contribution in [3.63, 3.8) is 0 Å². The summed E-state index contributed by atoms with van der Waals surface area (Å²) in [5.74, 6) is 0.377. The molecule has 2 atom stereocenters. The number of aromatic nitrogens is 2. The van der Waals surface area contributed by atoms with E-state index in [0.717, 1.165) is 10.0 Å². The molecule has 1 fully saturated rings. The Kier molecular flexibility index (Phi) is 4.25. The van der Waals surface area contributed by atoms with Crippen LogP contribution in [-0.4, -0.2) is 33.4 Å². The Balaban J connectivity index is 1.43. The number of hydrogen-bond donors (Lipinski definition) is 0. The fourth-order valence-electron chi connectivity index (χ4n) is 3.37. The number of fused-ring (bicyclic) bond motifs is 1. The van der Waals surface area contributed by atoms with Gasteiger partial charge in [-0.05, 0) is 37.1 Å². The number of likely N-dealkylation sites (tertiary alicyclic amines) is 1. The average molecular weight is 402 g/mol. The van der Waals surface area contributed by atoms with E-state index in [4.69, 9.17) is 4.52 Å². The first kappa shape index (κ1) is 16.2. The van der Waals surface area contributed by atoms with Crippen LogP contribution in [0.4, 0.5) is 0 Å². The highest BCUT2D eigenvalue weighted by atomic mass is 79.9. The summed E-state index contributed by atoms with van der Waals surface area (Å²) in [7, 11) is 0. The smallest absolute Gasteiger partial charge is 0.233 e. The van der Waals surface area contributed by atoms with Crippen LogP contribution in [0.25, 0.3) is 11.4 Å². The first-order valence-electron chi connectivity index (χ1n) is 8.22.